The number of benzene rings is 1. The van der Waals surface area contributed by atoms with Gasteiger partial charge in [-0.15, -0.1) is 5.69 Å². The van der Waals surface area contributed by atoms with E-state index < -0.39 is 10.0 Å². The molecule has 1 aromatic rings. The highest BCUT2D eigenvalue weighted by Crippen LogP contribution is 2.25. The molecule has 0 aliphatic heterocycles. The Balaban J connectivity index is 2.79. The molecule has 14 heavy (non-hydrogen) atoms. The van der Waals surface area contributed by atoms with Crippen molar-refractivity contribution in [3.05, 3.63) is 34.0 Å². The van der Waals surface area contributed by atoms with Crippen molar-refractivity contribution < 1.29 is 14.2 Å². The van der Waals surface area contributed by atoms with E-state index in [4.69, 9.17) is 11.6 Å². The summed E-state index contributed by atoms with van der Waals surface area (Å²) in [6, 6.07) is 6.41. The molecule has 0 radical (unpaired) electrons. The number of nitrogens with zero attached hydrogens (tertiary/aromatic N) is 1. The molecule has 0 spiro atoms. The maximum atomic E-state index is 11.3. The van der Waals surface area contributed by atoms with Crippen molar-refractivity contribution in [1.29, 1.82) is 0 Å². The van der Waals surface area contributed by atoms with Gasteiger partial charge in [0.1, 0.15) is 0 Å². The Morgan fingerprint density at radius 1 is 1.43 bits per heavy atom. The molecule has 3 N–H and O–H groups in total. The molecule has 0 aromatic heterocycles. The Hall–Kier alpha value is -0.780. The van der Waals surface area contributed by atoms with Crippen LogP contribution in [0.25, 0.3) is 4.72 Å². The second kappa shape index (κ2) is 4.63. The van der Waals surface area contributed by atoms with Crippen molar-refractivity contribution in [3.8, 4) is 0 Å². The van der Waals surface area contributed by atoms with Crippen LogP contribution in [0, 0.1) is 0 Å². The van der Waals surface area contributed by atoms with Crippen molar-refractivity contribution in [1.82, 2.24) is 0 Å². The molecular formula is C8H11ClN2O2S. The molecule has 0 aliphatic carbocycles. The molecule has 0 aliphatic rings. The highest BCUT2D eigenvalue weighted by molar-refractivity contribution is 7.94. The second-order valence-electron chi connectivity index (χ2n) is 2.71. The predicted molar refractivity (Wildman–Crippen MR) is 56.0 cm³/mol. The Labute approximate surface area is 88.1 Å². The van der Waals surface area contributed by atoms with Gasteiger partial charge in [0.2, 0.25) is 0 Å². The number of quaternary nitrogens is 1. The molecule has 78 valence electrons. The Morgan fingerprint density at radius 3 is 2.71 bits per heavy atom. The van der Waals surface area contributed by atoms with Crippen molar-refractivity contribution >= 4 is 27.3 Å². The van der Waals surface area contributed by atoms with Gasteiger partial charge in [-0.25, -0.2) is 8.42 Å². The van der Waals surface area contributed by atoms with Gasteiger partial charge in [0, 0.05) is 5.02 Å². The summed E-state index contributed by atoms with van der Waals surface area (Å²) >= 11 is 5.68. The fourth-order valence-electron chi connectivity index (χ4n) is 0.922. The van der Waals surface area contributed by atoms with Gasteiger partial charge in [0.05, 0.1) is 22.3 Å². The first-order valence-electron chi connectivity index (χ1n) is 4.04. The molecule has 4 nitrogen and oxygen atoms in total. The molecule has 0 bridgehead atoms. The zero-order valence-electron chi connectivity index (χ0n) is 7.48. The van der Waals surface area contributed by atoms with Gasteiger partial charge in [-0.05, 0) is 6.07 Å². The predicted octanol–water partition coefficient (Wildman–Crippen LogP) is 0.917. The van der Waals surface area contributed by atoms with Gasteiger partial charge >= 0.3 is 0 Å². The topological polar surface area (TPSA) is 75.9 Å². The van der Waals surface area contributed by atoms with Crippen LogP contribution in [0.4, 0.5) is 5.69 Å². The average molecular weight is 235 g/mol. The van der Waals surface area contributed by atoms with E-state index in [1.807, 2.05) is 0 Å². The quantitative estimate of drug-likeness (QED) is 0.841. The fraction of sp³-hybridized carbons (Fsp3) is 0.250. The van der Waals surface area contributed by atoms with Gasteiger partial charge in [-0.2, -0.15) is 0 Å². The summed E-state index contributed by atoms with van der Waals surface area (Å²) in [5.74, 6) is -0.0421. The third kappa shape index (κ3) is 3.53. The summed E-state index contributed by atoms with van der Waals surface area (Å²) in [4.78, 5) is 0. The second-order valence-corrected chi connectivity index (χ2v) is 4.90. The van der Waals surface area contributed by atoms with E-state index >= 15 is 0 Å². The standard InChI is InChI=1S/C8H10ClN2O2S/c9-7-2-1-3-8(6-7)11-14(12,13)5-4-10/h1-3,6H,4-5,10H2/q-1/p+1. The minimum atomic E-state index is -3.40. The first kappa shape index (κ1) is 11.3. The molecule has 0 unspecified atom stereocenters. The molecule has 0 fully saturated rings. The van der Waals surface area contributed by atoms with E-state index in [9.17, 15) is 8.42 Å². The van der Waals surface area contributed by atoms with Gasteiger partial charge in [0.15, 0.2) is 0 Å². The minimum absolute atomic E-state index is 0.0421. The monoisotopic (exact) mass is 234 g/mol. The van der Waals surface area contributed by atoms with Crippen LogP contribution in [0.2, 0.25) is 5.02 Å². The van der Waals surface area contributed by atoms with Crippen molar-refractivity contribution in [3.63, 3.8) is 0 Å². The highest BCUT2D eigenvalue weighted by Gasteiger charge is 1.98. The van der Waals surface area contributed by atoms with Crippen molar-refractivity contribution in [2.24, 2.45) is 0 Å². The number of halogens is 1. The summed E-state index contributed by atoms with van der Waals surface area (Å²) in [5.41, 5.74) is 3.82. The minimum Gasteiger partial charge on any atom is -0.577 e. The van der Waals surface area contributed by atoms with Crippen LogP contribution in [0.1, 0.15) is 0 Å². The van der Waals surface area contributed by atoms with Gasteiger partial charge in [0.25, 0.3) is 0 Å². The molecule has 6 heteroatoms. The van der Waals surface area contributed by atoms with E-state index in [2.05, 4.69) is 10.5 Å². The molecule has 0 atom stereocenters. The molecule has 0 amide bonds. The lowest BCUT2D eigenvalue weighted by molar-refractivity contribution is -0.360. The largest absolute Gasteiger partial charge is 0.577 e. The third-order valence-electron chi connectivity index (χ3n) is 1.45. The lowest BCUT2D eigenvalue weighted by Crippen LogP contribution is -2.52. The lowest BCUT2D eigenvalue weighted by atomic mass is 10.3. The summed E-state index contributed by atoms with van der Waals surface area (Å²) < 4.78 is 26.1. The number of sulfonamides is 1. The van der Waals surface area contributed by atoms with E-state index in [1.54, 1.807) is 18.2 Å². The Kier molecular flexibility index (Phi) is 3.74. The molecule has 0 saturated heterocycles. The molecule has 1 aromatic carbocycles. The Morgan fingerprint density at radius 2 is 2.14 bits per heavy atom. The van der Waals surface area contributed by atoms with E-state index in [0.717, 1.165) is 0 Å². The molecule has 0 heterocycles. The smallest absolute Gasteiger partial charge is 0.0993 e. The zero-order valence-corrected chi connectivity index (χ0v) is 9.05. The van der Waals surface area contributed by atoms with E-state index in [-0.39, 0.29) is 5.75 Å². The maximum Gasteiger partial charge on any atom is 0.0993 e. The maximum absolute atomic E-state index is 11.3. The van der Waals surface area contributed by atoms with Crippen LogP contribution in [-0.2, 0) is 10.0 Å². The summed E-state index contributed by atoms with van der Waals surface area (Å²) in [6.45, 7) is 0.312. The zero-order chi connectivity index (χ0) is 10.6. The van der Waals surface area contributed by atoms with Crippen molar-refractivity contribution in [2.45, 2.75) is 0 Å². The van der Waals surface area contributed by atoms with Crippen LogP contribution >= 0.6 is 11.6 Å². The van der Waals surface area contributed by atoms with Crippen LogP contribution in [0.3, 0.4) is 0 Å². The summed E-state index contributed by atoms with van der Waals surface area (Å²) in [7, 11) is -3.40. The first-order chi connectivity index (χ1) is 6.53. The van der Waals surface area contributed by atoms with E-state index in [0.29, 0.717) is 17.3 Å². The molecule has 1 rings (SSSR count). The summed E-state index contributed by atoms with van der Waals surface area (Å²) in [5, 5.41) is 0.469. The first-order valence-corrected chi connectivity index (χ1v) is 6.03. The fourth-order valence-corrected chi connectivity index (χ4v) is 2.00. The highest BCUT2D eigenvalue weighted by atomic mass is 35.5. The van der Waals surface area contributed by atoms with Crippen LogP contribution < -0.4 is 5.73 Å². The SMILES string of the molecule is [NH3+]CCS(=O)(=O)[N-]c1cccc(Cl)c1. The Bertz CT molecular complexity index is 406. The third-order valence-corrected chi connectivity index (χ3v) is 2.98. The van der Waals surface area contributed by atoms with Crippen LogP contribution in [-0.4, -0.2) is 20.7 Å². The van der Waals surface area contributed by atoms with Gasteiger partial charge in [-0.1, -0.05) is 29.8 Å². The lowest BCUT2D eigenvalue weighted by Gasteiger charge is -2.20. The van der Waals surface area contributed by atoms with Crippen molar-refractivity contribution in [2.75, 3.05) is 12.3 Å². The molecular weight excluding hydrogens is 224 g/mol. The normalized spacial score (nSPS) is 11.3. The van der Waals surface area contributed by atoms with Gasteiger partial charge in [-0.3, -0.25) is 0 Å². The van der Waals surface area contributed by atoms with Crippen LogP contribution in [0.5, 0.6) is 0 Å². The number of rotatable bonds is 4. The number of hydrogen-bond acceptors (Lipinski definition) is 2. The van der Waals surface area contributed by atoms with E-state index in [1.165, 1.54) is 6.07 Å². The molecule has 0 saturated carbocycles. The van der Waals surface area contributed by atoms with Gasteiger partial charge < -0.3 is 10.5 Å². The van der Waals surface area contributed by atoms with Crippen LogP contribution in [0.15, 0.2) is 24.3 Å². The summed E-state index contributed by atoms with van der Waals surface area (Å²) in [6.07, 6.45) is 0. The number of hydrogen-bond donors (Lipinski definition) is 1. The average Bonchev–Trinajstić information content (AvgIpc) is 2.02.